The van der Waals surface area contributed by atoms with Gasteiger partial charge in [-0.2, -0.15) is 0 Å². The van der Waals surface area contributed by atoms with Crippen molar-refractivity contribution in [3.05, 3.63) is 17.0 Å². The summed E-state index contributed by atoms with van der Waals surface area (Å²) in [4.78, 5) is 10.5. The monoisotopic (exact) mass is 257 g/mol. The van der Waals surface area contributed by atoms with Gasteiger partial charge in [0.25, 0.3) is 0 Å². The van der Waals surface area contributed by atoms with Crippen LogP contribution in [0.3, 0.4) is 0 Å². The van der Waals surface area contributed by atoms with Crippen molar-refractivity contribution in [2.45, 2.75) is 20.8 Å². The Kier molecular flexibility index (Phi) is 4.32. The van der Waals surface area contributed by atoms with Crippen LogP contribution in [0.2, 0.25) is 0 Å². The third-order valence-corrected chi connectivity index (χ3v) is 2.47. The Hall–Kier alpha value is -0.640. The quantitative estimate of drug-likeness (QED) is 0.831. The summed E-state index contributed by atoms with van der Waals surface area (Å²) in [5.41, 5.74) is 0. The Morgan fingerprint density at radius 1 is 1.50 bits per heavy atom. The molecule has 0 aliphatic heterocycles. The summed E-state index contributed by atoms with van der Waals surface area (Å²) in [5, 5.41) is 0. The maximum absolute atomic E-state index is 4.27. The fourth-order valence-corrected chi connectivity index (χ4v) is 1.82. The summed E-state index contributed by atoms with van der Waals surface area (Å²) in [6.45, 7) is 8.53. The van der Waals surface area contributed by atoms with E-state index in [1.807, 2.05) is 0 Å². The van der Waals surface area contributed by atoms with Gasteiger partial charge in [-0.05, 0) is 28.8 Å². The number of anilines is 1. The highest BCUT2D eigenvalue weighted by Gasteiger charge is 2.10. The second-order valence-electron chi connectivity index (χ2n) is 3.63. The van der Waals surface area contributed by atoms with Crippen LogP contribution >= 0.6 is 15.9 Å². The van der Waals surface area contributed by atoms with Crippen LogP contribution in [0.25, 0.3) is 0 Å². The van der Waals surface area contributed by atoms with Gasteiger partial charge in [-0.1, -0.05) is 13.8 Å². The molecule has 1 aromatic heterocycles. The van der Waals surface area contributed by atoms with Crippen LogP contribution in [0.5, 0.6) is 0 Å². The summed E-state index contributed by atoms with van der Waals surface area (Å²) >= 11 is 3.46. The fraction of sp³-hybridized carbons (Fsp3) is 0.600. The molecule has 1 aromatic rings. The van der Waals surface area contributed by atoms with Gasteiger partial charge < -0.3 is 4.90 Å². The van der Waals surface area contributed by atoms with E-state index in [1.165, 1.54) is 0 Å². The Morgan fingerprint density at radius 3 is 2.71 bits per heavy atom. The fourth-order valence-electron chi connectivity index (χ4n) is 1.35. The zero-order valence-electron chi connectivity index (χ0n) is 8.87. The molecule has 0 bridgehead atoms. The normalized spacial score (nSPS) is 10.6. The molecule has 0 unspecified atom stereocenters. The molecule has 0 spiro atoms. The van der Waals surface area contributed by atoms with Crippen molar-refractivity contribution in [2.24, 2.45) is 5.92 Å². The molecule has 0 saturated carbocycles. The van der Waals surface area contributed by atoms with Crippen LogP contribution in [0.4, 0.5) is 5.82 Å². The predicted molar refractivity (Wildman–Crippen MR) is 62.5 cm³/mol. The lowest BCUT2D eigenvalue weighted by atomic mass is 10.2. The summed E-state index contributed by atoms with van der Waals surface area (Å²) in [6.07, 6.45) is 3.37. The van der Waals surface area contributed by atoms with Gasteiger partial charge in [-0.3, -0.25) is 0 Å². The number of aromatic nitrogens is 2. The highest BCUT2D eigenvalue weighted by molar-refractivity contribution is 9.10. The van der Waals surface area contributed by atoms with E-state index in [0.29, 0.717) is 5.92 Å². The Labute approximate surface area is 93.7 Å². The molecule has 0 aromatic carbocycles. The van der Waals surface area contributed by atoms with E-state index < -0.39 is 0 Å². The molecule has 0 aliphatic carbocycles. The molecule has 1 heterocycles. The third-order valence-electron chi connectivity index (χ3n) is 1.91. The van der Waals surface area contributed by atoms with Gasteiger partial charge in [0.2, 0.25) is 0 Å². The highest BCUT2D eigenvalue weighted by Crippen LogP contribution is 2.22. The van der Waals surface area contributed by atoms with E-state index in [1.54, 1.807) is 12.5 Å². The lowest BCUT2D eigenvalue weighted by molar-refractivity contribution is 0.613. The third kappa shape index (κ3) is 2.94. The van der Waals surface area contributed by atoms with E-state index >= 15 is 0 Å². The summed E-state index contributed by atoms with van der Waals surface area (Å²) in [5.74, 6) is 1.62. The highest BCUT2D eigenvalue weighted by atomic mass is 79.9. The van der Waals surface area contributed by atoms with Gasteiger partial charge in [-0.25, -0.2) is 9.97 Å². The van der Waals surface area contributed by atoms with Gasteiger partial charge in [0.15, 0.2) is 0 Å². The largest absolute Gasteiger partial charge is 0.356 e. The molecule has 0 amide bonds. The first-order chi connectivity index (χ1) is 6.65. The van der Waals surface area contributed by atoms with Crippen molar-refractivity contribution in [3.63, 3.8) is 0 Å². The van der Waals surface area contributed by atoms with Crippen molar-refractivity contribution in [3.8, 4) is 0 Å². The first-order valence-electron chi connectivity index (χ1n) is 4.85. The molecular formula is C10H16BrN3. The average molecular weight is 258 g/mol. The van der Waals surface area contributed by atoms with Crippen molar-refractivity contribution in [1.82, 2.24) is 9.97 Å². The molecule has 0 radical (unpaired) electrons. The molecule has 78 valence electrons. The van der Waals surface area contributed by atoms with Crippen LogP contribution < -0.4 is 4.90 Å². The first-order valence-corrected chi connectivity index (χ1v) is 5.64. The molecule has 3 nitrogen and oxygen atoms in total. The van der Waals surface area contributed by atoms with E-state index in [4.69, 9.17) is 0 Å². The van der Waals surface area contributed by atoms with Crippen molar-refractivity contribution >= 4 is 21.7 Å². The zero-order chi connectivity index (χ0) is 10.6. The standard InChI is InChI=1S/C10H16BrN3/c1-4-14(6-8(2)3)10-9(11)5-12-7-13-10/h5,7-8H,4,6H2,1-3H3. The summed E-state index contributed by atoms with van der Waals surface area (Å²) in [6, 6.07) is 0. The Balaban J connectivity index is 2.83. The van der Waals surface area contributed by atoms with Crippen molar-refractivity contribution in [1.29, 1.82) is 0 Å². The number of rotatable bonds is 4. The van der Waals surface area contributed by atoms with Crippen molar-refractivity contribution < 1.29 is 0 Å². The Morgan fingerprint density at radius 2 is 2.21 bits per heavy atom. The van der Waals surface area contributed by atoms with Crippen molar-refractivity contribution in [2.75, 3.05) is 18.0 Å². The predicted octanol–water partition coefficient (Wildman–Crippen LogP) is 2.72. The average Bonchev–Trinajstić information content (AvgIpc) is 2.15. The van der Waals surface area contributed by atoms with Gasteiger partial charge >= 0.3 is 0 Å². The van der Waals surface area contributed by atoms with Crippen LogP contribution in [-0.2, 0) is 0 Å². The first kappa shape index (κ1) is 11.4. The van der Waals surface area contributed by atoms with Crippen LogP contribution in [-0.4, -0.2) is 23.1 Å². The van der Waals surface area contributed by atoms with Gasteiger partial charge in [-0.15, -0.1) is 0 Å². The molecule has 0 N–H and O–H groups in total. The summed E-state index contributed by atoms with van der Waals surface area (Å²) in [7, 11) is 0. The minimum absolute atomic E-state index is 0.636. The number of nitrogens with zero attached hydrogens (tertiary/aromatic N) is 3. The van der Waals surface area contributed by atoms with E-state index in [9.17, 15) is 0 Å². The minimum atomic E-state index is 0.636. The molecule has 0 aliphatic rings. The van der Waals surface area contributed by atoms with E-state index in [0.717, 1.165) is 23.4 Å². The maximum atomic E-state index is 4.27. The molecular weight excluding hydrogens is 242 g/mol. The summed E-state index contributed by atoms with van der Waals surface area (Å²) < 4.78 is 0.961. The van der Waals surface area contributed by atoms with Crippen LogP contribution in [0.15, 0.2) is 17.0 Å². The van der Waals surface area contributed by atoms with Gasteiger partial charge in [0.1, 0.15) is 12.1 Å². The molecule has 14 heavy (non-hydrogen) atoms. The van der Waals surface area contributed by atoms with Gasteiger partial charge in [0, 0.05) is 19.3 Å². The number of hydrogen-bond acceptors (Lipinski definition) is 3. The molecule has 0 atom stereocenters. The van der Waals surface area contributed by atoms with Crippen LogP contribution in [0.1, 0.15) is 20.8 Å². The Bertz CT molecular complexity index is 288. The number of hydrogen-bond donors (Lipinski definition) is 0. The minimum Gasteiger partial charge on any atom is -0.356 e. The van der Waals surface area contributed by atoms with E-state index in [-0.39, 0.29) is 0 Å². The molecule has 0 saturated heterocycles. The van der Waals surface area contributed by atoms with Crippen LogP contribution in [0, 0.1) is 5.92 Å². The maximum Gasteiger partial charge on any atom is 0.146 e. The smallest absolute Gasteiger partial charge is 0.146 e. The second-order valence-corrected chi connectivity index (χ2v) is 4.48. The number of halogens is 1. The molecule has 0 fully saturated rings. The van der Waals surface area contributed by atoms with E-state index in [2.05, 4.69) is 51.6 Å². The lowest BCUT2D eigenvalue weighted by Gasteiger charge is -2.24. The SMILES string of the molecule is CCN(CC(C)C)c1ncncc1Br. The topological polar surface area (TPSA) is 29.0 Å². The lowest BCUT2D eigenvalue weighted by Crippen LogP contribution is -2.28. The molecule has 1 rings (SSSR count). The zero-order valence-corrected chi connectivity index (χ0v) is 10.5. The van der Waals surface area contributed by atoms with Gasteiger partial charge in [0.05, 0.1) is 4.47 Å². The second kappa shape index (κ2) is 5.29. The molecule has 4 heteroatoms.